The van der Waals surface area contributed by atoms with Gasteiger partial charge in [-0.3, -0.25) is 9.59 Å². The van der Waals surface area contributed by atoms with Gasteiger partial charge in [0.15, 0.2) is 0 Å². The van der Waals surface area contributed by atoms with Crippen molar-refractivity contribution in [1.29, 1.82) is 0 Å². The molecule has 3 atom stereocenters. The molecule has 0 aliphatic carbocycles. The molecule has 35 heavy (non-hydrogen) atoms. The fourth-order valence-corrected chi connectivity index (χ4v) is 4.63. The van der Waals surface area contributed by atoms with Crippen LogP contribution in [0.1, 0.15) is 19.3 Å². The normalized spacial score (nSPS) is 21.9. The highest BCUT2D eigenvalue weighted by Crippen LogP contribution is 2.30. The van der Waals surface area contributed by atoms with Crippen LogP contribution in [-0.2, 0) is 9.59 Å². The van der Waals surface area contributed by atoms with Gasteiger partial charge in [-0.15, -0.1) is 0 Å². The van der Waals surface area contributed by atoms with Crippen LogP contribution in [0.3, 0.4) is 0 Å². The number of aliphatic hydroxyl groups excluding tert-OH is 2. The highest BCUT2D eigenvalue weighted by atomic mass is 35.5. The molecule has 2 aromatic rings. The summed E-state index contributed by atoms with van der Waals surface area (Å²) in [5.74, 6) is -1.85. The second-order valence-electron chi connectivity index (χ2n) is 8.68. The number of carbonyl (C=O) groups excluding carboxylic acids is 3. The Morgan fingerprint density at radius 3 is 2.49 bits per heavy atom. The fraction of sp³-hybridized carbons (Fsp3) is 0.375. The molecule has 2 aromatic carbocycles. The summed E-state index contributed by atoms with van der Waals surface area (Å²) in [5, 5.41) is 24.8. The number of rotatable bonds is 6. The maximum absolute atomic E-state index is 14.9. The molecule has 2 heterocycles. The van der Waals surface area contributed by atoms with Crippen molar-refractivity contribution in [3.63, 3.8) is 0 Å². The Hall–Kier alpha value is -3.21. The van der Waals surface area contributed by atoms with E-state index >= 15 is 0 Å². The van der Waals surface area contributed by atoms with E-state index < -0.39 is 29.8 Å². The summed E-state index contributed by atoms with van der Waals surface area (Å²) in [6, 6.07) is 8.61. The van der Waals surface area contributed by atoms with E-state index in [1.165, 1.54) is 21.9 Å². The van der Waals surface area contributed by atoms with E-state index in [-0.39, 0.29) is 50.1 Å². The second kappa shape index (κ2) is 10.6. The molecule has 9 nitrogen and oxygen atoms in total. The van der Waals surface area contributed by atoms with E-state index in [0.29, 0.717) is 22.8 Å². The number of benzene rings is 2. The molecule has 4 N–H and O–H groups in total. The summed E-state index contributed by atoms with van der Waals surface area (Å²) >= 11 is 5.87. The number of aliphatic hydroxyl groups is 2. The van der Waals surface area contributed by atoms with Crippen molar-refractivity contribution in [1.82, 2.24) is 4.90 Å². The van der Waals surface area contributed by atoms with Gasteiger partial charge in [0.2, 0.25) is 11.8 Å². The Morgan fingerprint density at radius 2 is 1.83 bits per heavy atom. The lowest BCUT2D eigenvalue weighted by Gasteiger charge is -2.25. The monoisotopic (exact) mass is 504 g/mol. The van der Waals surface area contributed by atoms with E-state index in [0.717, 1.165) is 6.07 Å². The lowest BCUT2D eigenvalue weighted by atomic mass is 10.1. The molecule has 4 amide bonds. The van der Waals surface area contributed by atoms with Crippen molar-refractivity contribution in [2.45, 2.75) is 31.3 Å². The molecular formula is C24H26ClFN4O5. The van der Waals surface area contributed by atoms with Crippen LogP contribution in [0.5, 0.6) is 0 Å². The highest BCUT2D eigenvalue weighted by Gasteiger charge is 2.40. The van der Waals surface area contributed by atoms with Gasteiger partial charge in [0.1, 0.15) is 11.9 Å². The van der Waals surface area contributed by atoms with Crippen LogP contribution in [-0.4, -0.2) is 64.8 Å². The Kier molecular flexibility index (Phi) is 7.54. The number of hydrogen-bond acceptors (Lipinski definition) is 5. The summed E-state index contributed by atoms with van der Waals surface area (Å²) < 4.78 is 14.9. The number of nitrogens with one attached hydrogen (secondary N) is 2. The van der Waals surface area contributed by atoms with E-state index in [1.54, 1.807) is 24.3 Å². The summed E-state index contributed by atoms with van der Waals surface area (Å²) in [7, 11) is 0. The van der Waals surface area contributed by atoms with Crippen LogP contribution in [0.25, 0.3) is 0 Å². The van der Waals surface area contributed by atoms with Gasteiger partial charge < -0.3 is 30.6 Å². The molecule has 0 unspecified atom stereocenters. The molecule has 0 spiro atoms. The van der Waals surface area contributed by atoms with Crippen LogP contribution in [0.4, 0.5) is 26.2 Å². The molecule has 0 aromatic heterocycles. The van der Waals surface area contributed by atoms with Crippen LogP contribution in [0.15, 0.2) is 42.5 Å². The molecule has 0 bridgehead atoms. The van der Waals surface area contributed by atoms with Crippen LogP contribution < -0.4 is 15.5 Å². The summed E-state index contributed by atoms with van der Waals surface area (Å²) in [6.45, 7) is -0.268. The third-order valence-electron chi connectivity index (χ3n) is 6.33. The minimum Gasteiger partial charge on any atom is -0.396 e. The van der Waals surface area contributed by atoms with Crippen molar-refractivity contribution in [2.75, 3.05) is 35.3 Å². The van der Waals surface area contributed by atoms with Crippen LogP contribution in [0, 0.1) is 11.7 Å². The third kappa shape index (κ3) is 5.39. The number of nitrogens with zero attached hydrogens (tertiary/aromatic N) is 2. The predicted octanol–water partition coefficient (Wildman–Crippen LogP) is 2.82. The SMILES string of the molecule is O=C(Nc1ccc(N2C(=O)CC[C@H]2CO)cc1F)[C@H]1C[C@@H](CO)CN1C(=O)Nc1ccc(Cl)cc1. The van der Waals surface area contributed by atoms with Gasteiger partial charge in [0, 0.05) is 41.9 Å². The van der Waals surface area contributed by atoms with Crippen molar-refractivity contribution < 1.29 is 29.0 Å². The second-order valence-corrected chi connectivity index (χ2v) is 9.12. The Balaban J connectivity index is 1.47. The Labute approximate surface area is 206 Å². The maximum Gasteiger partial charge on any atom is 0.322 e. The average Bonchev–Trinajstić information content (AvgIpc) is 3.45. The van der Waals surface area contributed by atoms with Crippen LogP contribution >= 0.6 is 11.6 Å². The smallest absolute Gasteiger partial charge is 0.322 e. The number of likely N-dealkylation sites (tertiary alicyclic amines) is 1. The first-order valence-corrected chi connectivity index (χ1v) is 11.7. The molecule has 186 valence electrons. The number of anilines is 3. The van der Waals surface area contributed by atoms with E-state index in [9.17, 15) is 29.0 Å². The highest BCUT2D eigenvalue weighted by molar-refractivity contribution is 6.30. The van der Waals surface area contributed by atoms with Crippen molar-refractivity contribution in [3.05, 3.63) is 53.3 Å². The van der Waals surface area contributed by atoms with Gasteiger partial charge in [-0.25, -0.2) is 9.18 Å². The molecule has 11 heteroatoms. The molecular weight excluding hydrogens is 479 g/mol. The summed E-state index contributed by atoms with van der Waals surface area (Å²) in [4.78, 5) is 40.7. The third-order valence-corrected chi connectivity index (χ3v) is 6.58. The maximum atomic E-state index is 14.9. The minimum atomic E-state index is -0.919. The molecule has 2 aliphatic rings. The average molecular weight is 505 g/mol. The first-order valence-electron chi connectivity index (χ1n) is 11.3. The van der Waals surface area contributed by atoms with Crippen molar-refractivity contribution >= 4 is 46.5 Å². The summed E-state index contributed by atoms with van der Waals surface area (Å²) in [6.07, 6.45) is 0.973. The van der Waals surface area contributed by atoms with Gasteiger partial charge in [-0.1, -0.05) is 11.6 Å². The lowest BCUT2D eigenvalue weighted by Crippen LogP contribution is -2.45. The molecule has 0 radical (unpaired) electrons. The van der Waals surface area contributed by atoms with Gasteiger partial charge >= 0.3 is 6.03 Å². The van der Waals surface area contributed by atoms with Gasteiger partial charge in [-0.05, 0) is 55.3 Å². The van der Waals surface area contributed by atoms with Gasteiger partial charge in [0.05, 0.1) is 18.3 Å². The van der Waals surface area contributed by atoms with Gasteiger partial charge in [-0.2, -0.15) is 0 Å². The molecule has 4 rings (SSSR count). The Morgan fingerprint density at radius 1 is 1.09 bits per heavy atom. The van der Waals surface area contributed by atoms with Gasteiger partial charge in [0.25, 0.3) is 0 Å². The number of carbonyl (C=O) groups is 3. The molecule has 2 aliphatic heterocycles. The predicted molar refractivity (Wildman–Crippen MR) is 129 cm³/mol. The largest absolute Gasteiger partial charge is 0.396 e. The van der Waals surface area contributed by atoms with Crippen molar-refractivity contribution in [2.24, 2.45) is 5.92 Å². The first kappa shape index (κ1) is 24.9. The molecule has 2 fully saturated rings. The quantitative estimate of drug-likeness (QED) is 0.482. The topological polar surface area (TPSA) is 122 Å². The zero-order valence-electron chi connectivity index (χ0n) is 18.8. The molecule has 0 saturated carbocycles. The lowest BCUT2D eigenvalue weighted by molar-refractivity contribution is -0.119. The first-order chi connectivity index (χ1) is 16.8. The zero-order chi connectivity index (χ0) is 25.1. The van der Waals surface area contributed by atoms with E-state index in [2.05, 4.69) is 10.6 Å². The van der Waals surface area contributed by atoms with Crippen LogP contribution in [0.2, 0.25) is 5.02 Å². The zero-order valence-corrected chi connectivity index (χ0v) is 19.5. The number of hydrogen-bond donors (Lipinski definition) is 4. The standard InChI is InChI=1S/C24H26ClFN4O5/c25-15-1-3-16(4-2-15)27-24(35)29-11-14(12-31)9-21(29)23(34)28-20-7-5-17(10-19(20)26)30-18(13-32)6-8-22(30)33/h1-5,7,10,14,18,21,31-32H,6,8-9,11-13H2,(H,27,35)(H,28,34)/t14-,18+,21-/m1/s1. The van der Waals surface area contributed by atoms with Crippen molar-refractivity contribution in [3.8, 4) is 0 Å². The minimum absolute atomic E-state index is 0.101. The molecule has 2 saturated heterocycles. The van der Waals surface area contributed by atoms with E-state index in [1.807, 2.05) is 0 Å². The summed E-state index contributed by atoms with van der Waals surface area (Å²) in [5.41, 5.74) is 0.689. The number of halogens is 2. The Bertz CT molecular complexity index is 1120. The fourth-order valence-electron chi connectivity index (χ4n) is 4.50. The van der Waals surface area contributed by atoms with E-state index in [4.69, 9.17) is 11.6 Å². The number of amides is 4. The number of urea groups is 1.